The van der Waals surface area contributed by atoms with Gasteiger partial charge in [0, 0.05) is 15.8 Å². The zero-order valence-corrected chi connectivity index (χ0v) is 13.8. The van der Waals surface area contributed by atoms with Crippen LogP contribution < -0.4 is 5.32 Å². The van der Waals surface area contributed by atoms with Crippen LogP contribution in [0.2, 0.25) is 0 Å². The third-order valence-electron chi connectivity index (χ3n) is 3.17. The third-order valence-corrected chi connectivity index (χ3v) is 5.01. The molecule has 0 saturated carbocycles. The molecule has 0 aromatic carbocycles. The number of nitrogens with one attached hydrogen (secondary N) is 1. The van der Waals surface area contributed by atoms with Gasteiger partial charge in [-0.05, 0) is 52.7 Å². The largest absolute Gasteiger partial charge is 0.466 e. The lowest BCUT2D eigenvalue weighted by Crippen LogP contribution is -2.19. The van der Waals surface area contributed by atoms with Gasteiger partial charge in [0.05, 0.1) is 12.8 Å². The van der Waals surface area contributed by atoms with Crippen molar-refractivity contribution in [2.24, 2.45) is 0 Å². The van der Waals surface area contributed by atoms with Crippen molar-refractivity contribution in [2.45, 2.75) is 12.6 Å². The van der Waals surface area contributed by atoms with Gasteiger partial charge in [-0.2, -0.15) is 11.3 Å². The predicted octanol–water partition coefficient (Wildman–Crippen LogP) is 3.81. The molecule has 0 bridgehead atoms. The summed E-state index contributed by atoms with van der Waals surface area (Å²) >= 11 is 3.04. The van der Waals surface area contributed by atoms with Gasteiger partial charge in [0.1, 0.15) is 11.9 Å². The molecule has 2 N–H and O–H groups in total. The Labute approximate surface area is 141 Å². The molecule has 23 heavy (non-hydrogen) atoms. The average molecular weight is 345 g/mol. The fourth-order valence-electron chi connectivity index (χ4n) is 2.00. The first kappa shape index (κ1) is 15.7. The highest BCUT2D eigenvalue weighted by Crippen LogP contribution is 2.28. The highest BCUT2D eigenvalue weighted by Gasteiger charge is 2.15. The summed E-state index contributed by atoms with van der Waals surface area (Å²) < 4.78 is 5.20. The van der Waals surface area contributed by atoms with Gasteiger partial charge >= 0.3 is 0 Å². The Morgan fingerprint density at radius 2 is 2.26 bits per heavy atom. The molecule has 118 valence electrons. The van der Waals surface area contributed by atoms with E-state index in [4.69, 9.17) is 4.42 Å². The monoisotopic (exact) mass is 345 g/mol. The first-order chi connectivity index (χ1) is 11.2. The zero-order chi connectivity index (χ0) is 16.1. The van der Waals surface area contributed by atoms with Gasteiger partial charge < -0.3 is 14.8 Å². The molecule has 0 aliphatic heterocycles. The number of hydrogen-bond donors (Lipinski definition) is 2. The van der Waals surface area contributed by atoms with Crippen LogP contribution in [-0.4, -0.2) is 11.0 Å². The Hall–Kier alpha value is -2.15. The molecule has 1 amide bonds. The lowest BCUT2D eigenvalue weighted by molar-refractivity contribution is -0.116. The van der Waals surface area contributed by atoms with E-state index < -0.39 is 6.10 Å². The number of rotatable bonds is 6. The standard InChI is InChI=1S/C17H15NO3S2/c19-16(6-3-12-7-9-22-11-12)18-10-13-4-5-15(23-13)17(20)14-2-1-8-21-14/h1-9,11,17,20H,10H2,(H,18,19)/b6-3+/t17-/m1/s1. The normalized spacial score (nSPS) is 12.6. The van der Waals surface area contributed by atoms with Gasteiger partial charge in [-0.15, -0.1) is 11.3 Å². The zero-order valence-electron chi connectivity index (χ0n) is 12.1. The topological polar surface area (TPSA) is 62.5 Å². The maximum Gasteiger partial charge on any atom is 0.244 e. The van der Waals surface area contributed by atoms with Crippen molar-refractivity contribution in [2.75, 3.05) is 0 Å². The fourth-order valence-corrected chi connectivity index (χ4v) is 3.57. The third kappa shape index (κ3) is 4.19. The Bertz CT molecular complexity index is 773. The molecule has 0 aliphatic carbocycles. The first-order valence-corrected chi connectivity index (χ1v) is 8.76. The SMILES string of the molecule is O=C(/C=C/c1ccsc1)NCc1ccc([C@H](O)c2ccco2)s1. The summed E-state index contributed by atoms with van der Waals surface area (Å²) in [5, 5.41) is 17.0. The summed E-state index contributed by atoms with van der Waals surface area (Å²) in [7, 11) is 0. The van der Waals surface area contributed by atoms with E-state index in [-0.39, 0.29) is 5.91 Å². The molecule has 0 fully saturated rings. The molecule has 6 heteroatoms. The number of amides is 1. The number of aliphatic hydroxyl groups is 1. The lowest BCUT2D eigenvalue weighted by atomic mass is 10.2. The van der Waals surface area contributed by atoms with Crippen LogP contribution in [0.3, 0.4) is 0 Å². The highest BCUT2D eigenvalue weighted by molar-refractivity contribution is 7.12. The summed E-state index contributed by atoms with van der Waals surface area (Å²) in [6, 6.07) is 9.18. The van der Waals surface area contributed by atoms with Crippen molar-refractivity contribution in [1.82, 2.24) is 5.32 Å². The summed E-state index contributed by atoms with van der Waals surface area (Å²) in [6.45, 7) is 0.433. The minimum absolute atomic E-state index is 0.141. The number of furan rings is 1. The highest BCUT2D eigenvalue weighted by atomic mass is 32.1. The number of carbonyl (C=O) groups is 1. The van der Waals surface area contributed by atoms with Crippen LogP contribution in [0.1, 0.15) is 27.2 Å². The van der Waals surface area contributed by atoms with Gasteiger partial charge in [0.15, 0.2) is 0 Å². The molecule has 0 unspecified atom stereocenters. The van der Waals surface area contributed by atoms with Crippen LogP contribution in [-0.2, 0) is 11.3 Å². The predicted molar refractivity (Wildman–Crippen MR) is 92.3 cm³/mol. The maximum absolute atomic E-state index is 11.8. The molecule has 3 rings (SSSR count). The van der Waals surface area contributed by atoms with E-state index in [1.165, 1.54) is 23.7 Å². The maximum atomic E-state index is 11.8. The molecule has 0 saturated heterocycles. The van der Waals surface area contributed by atoms with Crippen LogP contribution in [0.15, 0.2) is 57.8 Å². The van der Waals surface area contributed by atoms with Crippen LogP contribution in [0.5, 0.6) is 0 Å². The summed E-state index contributed by atoms with van der Waals surface area (Å²) in [5.74, 6) is 0.374. The molecule has 4 nitrogen and oxygen atoms in total. The van der Waals surface area contributed by atoms with Gasteiger partial charge in [-0.25, -0.2) is 0 Å². The second kappa shape index (κ2) is 7.41. The molecule has 3 aromatic rings. The van der Waals surface area contributed by atoms with Crippen molar-refractivity contribution in [3.05, 3.63) is 74.5 Å². The second-order valence-electron chi connectivity index (χ2n) is 4.83. The van der Waals surface area contributed by atoms with Crippen molar-refractivity contribution in [3.63, 3.8) is 0 Å². The molecule has 0 radical (unpaired) electrons. The molecular weight excluding hydrogens is 330 g/mol. The lowest BCUT2D eigenvalue weighted by Gasteiger charge is -2.04. The molecule has 1 atom stereocenters. The van der Waals surface area contributed by atoms with E-state index in [0.717, 1.165) is 15.3 Å². The van der Waals surface area contributed by atoms with Gasteiger partial charge in [0.25, 0.3) is 0 Å². The van der Waals surface area contributed by atoms with Crippen molar-refractivity contribution < 1.29 is 14.3 Å². The Morgan fingerprint density at radius 1 is 1.35 bits per heavy atom. The molecular formula is C17H15NO3S2. The summed E-state index contributed by atoms with van der Waals surface area (Å²) in [6.07, 6.45) is 4.08. The molecule has 0 spiro atoms. The minimum atomic E-state index is -0.766. The summed E-state index contributed by atoms with van der Waals surface area (Å²) in [5.41, 5.74) is 1.02. The van der Waals surface area contributed by atoms with Crippen molar-refractivity contribution in [3.8, 4) is 0 Å². The molecule has 3 heterocycles. The minimum Gasteiger partial charge on any atom is -0.466 e. The fraction of sp³-hybridized carbons (Fsp3) is 0.118. The van der Waals surface area contributed by atoms with Crippen LogP contribution >= 0.6 is 22.7 Å². The van der Waals surface area contributed by atoms with Gasteiger partial charge in [-0.3, -0.25) is 4.79 Å². The number of thiophene rings is 2. The van der Waals surface area contributed by atoms with Crippen LogP contribution in [0, 0.1) is 0 Å². The quantitative estimate of drug-likeness (QED) is 0.668. The first-order valence-electron chi connectivity index (χ1n) is 7.00. The number of hydrogen-bond acceptors (Lipinski definition) is 5. The van der Waals surface area contributed by atoms with E-state index in [9.17, 15) is 9.90 Å². The van der Waals surface area contributed by atoms with Crippen LogP contribution in [0.4, 0.5) is 0 Å². The van der Waals surface area contributed by atoms with Gasteiger partial charge in [0.2, 0.25) is 5.91 Å². The molecule has 3 aromatic heterocycles. The summed E-state index contributed by atoms with van der Waals surface area (Å²) in [4.78, 5) is 13.5. The smallest absolute Gasteiger partial charge is 0.244 e. The second-order valence-corrected chi connectivity index (χ2v) is 6.81. The number of carbonyl (C=O) groups excluding carboxylic acids is 1. The van der Waals surface area contributed by atoms with Crippen molar-refractivity contribution >= 4 is 34.7 Å². The number of aliphatic hydroxyl groups excluding tert-OH is 1. The van der Waals surface area contributed by atoms with E-state index in [1.807, 2.05) is 29.0 Å². The van der Waals surface area contributed by atoms with Gasteiger partial charge in [-0.1, -0.05) is 0 Å². The van der Waals surface area contributed by atoms with E-state index in [2.05, 4.69) is 5.32 Å². The van der Waals surface area contributed by atoms with E-state index >= 15 is 0 Å². The molecule has 0 aliphatic rings. The Balaban J connectivity index is 1.54. The van der Waals surface area contributed by atoms with E-state index in [0.29, 0.717) is 12.3 Å². The Morgan fingerprint density at radius 3 is 3.00 bits per heavy atom. The Kier molecular flexibility index (Phi) is 5.07. The van der Waals surface area contributed by atoms with Crippen LogP contribution in [0.25, 0.3) is 6.08 Å². The average Bonchev–Trinajstić information content (AvgIpc) is 3.33. The van der Waals surface area contributed by atoms with Crippen molar-refractivity contribution in [1.29, 1.82) is 0 Å². The van der Waals surface area contributed by atoms with E-state index in [1.54, 1.807) is 29.5 Å².